The van der Waals surface area contributed by atoms with E-state index in [4.69, 9.17) is 0 Å². The zero-order valence-corrected chi connectivity index (χ0v) is 11.9. The molecule has 100 valence electrons. The second kappa shape index (κ2) is 6.80. The molecule has 1 aliphatic rings. The van der Waals surface area contributed by atoms with Crippen LogP contribution in [-0.2, 0) is 0 Å². The molecular formula is C12H21N5S. The highest BCUT2D eigenvalue weighted by molar-refractivity contribution is 7.98. The van der Waals surface area contributed by atoms with Crippen LogP contribution in [-0.4, -0.2) is 40.9 Å². The van der Waals surface area contributed by atoms with Crippen molar-refractivity contribution in [1.82, 2.24) is 15.0 Å². The van der Waals surface area contributed by atoms with Crippen molar-refractivity contribution in [3.05, 3.63) is 6.07 Å². The van der Waals surface area contributed by atoms with Crippen molar-refractivity contribution >= 4 is 23.4 Å². The molecule has 1 saturated heterocycles. The van der Waals surface area contributed by atoms with Gasteiger partial charge in [0.05, 0.1) is 0 Å². The van der Waals surface area contributed by atoms with Crippen LogP contribution in [0, 0.1) is 0 Å². The molecule has 0 amide bonds. The Morgan fingerprint density at radius 2 is 1.94 bits per heavy atom. The van der Waals surface area contributed by atoms with Gasteiger partial charge in [0.1, 0.15) is 11.6 Å². The van der Waals surface area contributed by atoms with Crippen LogP contribution >= 0.6 is 11.8 Å². The second-order valence-corrected chi connectivity index (χ2v) is 5.09. The van der Waals surface area contributed by atoms with Gasteiger partial charge in [0.2, 0.25) is 0 Å². The van der Waals surface area contributed by atoms with Gasteiger partial charge in [-0.15, -0.1) is 0 Å². The molecule has 0 aliphatic carbocycles. The maximum absolute atomic E-state index is 4.49. The summed E-state index contributed by atoms with van der Waals surface area (Å²) < 4.78 is 0. The van der Waals surface area contributed by atoms with E-state index in [1.165, 1.54) is 19.3 Å². The van der Waals surface area contributed by atoms with Gasteiger partial charge in [-0.25, -0.2) is 15.0 Å². The van der Waals surface area contributed by atoms with Crippen LogP contribution in [0.2, 0.25) is 0 Å². The van der Waals surface area contributed by atoms with Crippen LogP contribution in [0.5, 0.6) is 0 Å². The van der Waals surface area contributed by atoms with Crippen LogP contribution < -0.4 is 10.7 Å². The Morgan fingerprint density at radius 1 is 1.22 bits per heavy atom. The number of anilines is 2. The molecule has 0 bridgehead atoms. The highest BCUT2D eigenvalue weighted by Crippen LogP contribution is 2.18. The van der Waals surface area contributed by atoms with Gasteiger partial charge >= 0.3 is 0 Å². The molecule has 1 fully saturated rings. The molecule has 0 aromatic carbocycles. The van der Waals surface area contributed by atoms with Gasteiger partial charge in [0.15, 0.2) is 5.16 Å². The Bertz CT molecular complexity index is 379. The van der Waals surface area contributed by atoms with E-state index in [1.54, 1.807) is 11.8 Å². The Labute approximate surface area is 113 Å². The first-order valence-electron chi connectivity index (χ1n) is 6.50. The number of rotatable bonds is 5. The first-order chi connectivity index (χ1) is 8.81. The molecule has 1 aromatic heterocycles. The lowest BCUT2D eigenvalue weighted by Crippen LogP contribution is -2.35. The monoisotopic (exact) mass is 267 g/mol. The summed E-state index contributed by atoms with van der Waals surface area (Å²) in [6.07, 6.45) is 5.84. The third kappa shape index (κ3) is 3.74. The van der Waals surface area contributed by atoms with Crippen LogP contribution in [0.3, 0.4) is 0 Å². The Balaban J connectivity index is 2.07. The van der Waals surface area contributed by atoms with Crippen molar-refractivity contribution in [1.29, 1.82) is 0 Å². The molecule has 2 heterocycles. The third-order valence-corrected chi connectivity index (χ3v) is 3.42. The molecular weight excluding hydrogens is 246 g/mol. The van der Waals surface area contributed by atoms with E-state index in [-0.39, 0.29) is 0 Å². The number of piperidine rings is 1. The van der Waals surface area contributed by atoms with E-state index < -0.39 is 0 Å². The molecule has 6 heteroatoms. The van der Waals surface area contributed by atoms with Crippen LogP contribution in [0.1, 0.15) is 26.2 Å². The molecule has 0 saturated carbocycles. The molecule has 2 rings (SSSR count). The second-order valence-electron chi connectivity index (χ2n) is 4.31. The van der Waals surface area contributed by atoms with Crippen LogP contribution in [0.4, 0.5) is 11.6 Å². The van der Waals surface area contributed by atoms with E-state index in [0.717, 1.165) is 36.4 Å². The standard InChI is InChI=1S/C12H21N5S/c1-3-13-10-9-11(15-12(14-10)18-2)16-17-7-5-4-6-8-17/h9H,3-8H2,1-2H3,(H2,13,14,15,16). The zero-order valence-electron chi connectivity index (χ0n) is 11.1. The van der Waals surface area contributed by atoms with Crippen molar-refractivity contribution in [3.63, 3.8) is 0 Å². The van der Waals surface area contributed by atoms with Crippen molar-refractivity contribution in [2.75, 3.05) is 36.6 Å². The molecule has 0 spiro atoms. The molecule has 18 heavy (non-hydrogen) atoms. The zero-order chi connectivity index (χ0) is 12.8. The molecule has 0 radical (unpaired) electrons. The lowest BCUT2D eigenvalue weighted by atomic mass is 10.2. The maximum atomic E-state index is 4.49. The fourth-order valence-corrected chi connectivity index (χ4v) is 2.39. The van der Waals surface area contributed by atoms with Gasteiger partial charge in [-0.05, 0) is 26.0 Å². The predicted octanol–water partition coefficient (Wildman–Crippen LogP) is 2.44. The molecule has 1 aliphatic heterocycles. The van der Waals surface area contributed by atoms with Crippen LogP contribution in [0.25, 0.3) is 0 Å². The van der Waals surface area contributed by atoms with E-state index in [0.29, 0.717) is 0 Å². The number of hydrogen-bond acceptors (Lipinski definition) is 6. The molecule has 1 aromatic rings. The smallest absolute Gasteiger partial charge is 0.191 e. The summed E-state index contributed by atoms with van der Waals surface area (Å²) in [5.74, 6) is 1.77. The van der Waals surface area contributed by atoms with Gasteiger partial charge in [-0.1, -0.05) is 18.2 Å². The summed E-state index contributed by atoms with van der Waals surface area (Å²) in [5.41, 5.74) is 3.38. The Morgan fingerprint density at radius 3 is 2.61 bits per heavy atom. The average molecular weight is 267 g/mol. The number of hydrazine groups is 1. The minimum absolute atomic E-state index is 0.799. The predicted molar refractivity (Wildman–Crippen MR) is 77.0 cm³/mol. The number of thioether (sulfide) groups is 1. The van der Waals surface area contributed by atoms with E-state index >= 15 is 0 Å². The SMILES string of the molecule is CCNc1cc(NN2CCCCC2)nc(SC)n1. The Kier molecular flexibility index (Phi) is 5.07. The lowest BCUT2D eigenvalue weighted by molar-refractivity contribution is 0.272. The number of aromatic nitrogens is 2. The summed E-state index contributed by atoms with van der Waals surface area (Å²) in [6, 6.07) is 1.97. The summed E-state index contributed by atoms with van der Waals surface area (Å²) in [6.45, 7) is 5.12. The Hall–Kier alpha value is -1.01. The van der Waals surface area contributed by atoms with Gasteiger partial charge in [0, 0.05) is 25.7 Å². The lowest BCUT2D eigenvalue weighted by Gasteiger charge is -2.27. The molecule has 2 N–H and O–H groups in total. The topological polar surface area (TPSA) is 53.1 Å². The first kappa shape index (κ1) is 13.4. The minimum Gasteiger partial charge on any atom is -0.370 e. The fourth-order valence-electron chi connectivity index (χ4n) is 2.01. The van der Waals surface area contributed by atoms with Crippen molar-refractivity contribution in [2.45, 2.75) is 31.3 Å². The normalized spacial score (nSPS) is 16.6. The minimum atomic E-state index is 0.799. The number of hydrogen-bond donors (Lipinski definition) is 2. The third-order valence-electron chi connectivity index (χ3n) is 2.87. The molecule has 0 unspecified atom stereocenters. The summed E-state index contributed by atoms with van der Waals surface area (Å²) in [7, 11) is 0. The summed E-state index contributed by atoms with van der Waals surface area (Å²) >= 11 is 1.56. The quantitative estimate of drug-likeness (QED) is 0.631. The average Bonchev–Trinajstić information content (AvgIpc) is 2.40. The van der Waals surface area contributed by atoms with Gasteiger partial charge < -0.3 is 10.7 Å². The van der Waals surface area contributed by atoms with Gasteiger partial charge in [-0.3, -0.25) is 0 Å². The van der Waals surface area contributed by atoms with E-state index in [1.807, 2.05) is 12.3 Å². The summed E-state index contributed by atoms with van der Waals surface area (Å²) in [4.78, 5) is 8.90. The first-order valence-corrected chi connectivity index (χ1v) is 7.73. The fraction of sp³-hybridized carbons (Fsp3) is 0.667. The number of nitrogens with zero attached hydrogens (tertiary/aromatic N) is 3. The van der Waals surface area contributed by atoms with E-state index in [9.17, 15) is 0 Å². The van der Waals surface area contributed by atoms with E-state index in [2.05, 4.69) is 32.6 Å². The van der Waals surface area contributed by atoms with Gasteiger partial charge in [-0.2, -0.15) is 0 Å². The van der Waals surface area contributed by atoms with Crippen molar-refractivity contribution in [3.8, 4) is 0 Å². The van der Waals surface area contributed by atoms with Gasteiger partial charge in [0.25, 0.3) is 0 Å². The molecule has 0 atom stereocenters. The molecule has 5 nitrogen and oxygen atoms in total. The highest BCUT2D eigenvalue weighted by atomic mass is 32.2. The summed E-state index contributed by atoms with van der Waals surface area (Å²) in [5, 5.41) is 6.28. The number of nitrogens with one attached hydrogen (secondary N) is 2. The largest absolute Gasteiger partial charge is 0.370 e. The van der Waals surface area contributed by atoms with Crippen molar-refractivity contribution in [2.24, 2.45) is 0 Å². The maximum Gasteiger partial charge on any atom is 0.191 e. The van der Waals surface area contributed by atoms with Crippen LogP contribution in [0.15, 0.2) is 11.2 Å². The van der Waals surface area contributed by atoms with Crippen molar-refractivity contribution < 1.29 is 0 Å². The highest BCUT2D eigenvalue weighted by Gasteiger charge is 2.11.